The number of aliphatic hydroxyl groups is 1. The second kappa shape index (κ2) is 7.94. The van der Waals surface area contributed by atoms with Crippen LogP contribution in [0.2, 0.25) is 0 Å². The van der Waals surface area contributed by atoms with Crippen LogP contribution in [0.5, 0.6) is 0 Å². The predicted octanol–water partition coefficient (Wildman–Crippen LogP) is 4.03. The van der Waals surface area contributed by atoms with Crippen LogP contribution in [0.1, 0.15) is 48.8 Å². The lowest BCUT2D eigenvalue weighted by molar-refractivity contribution is 0.226. The fraction of sp³-hybridized carbons (Fsp3) is 0.286. The maximum Gasteiger partial charge on any atom is 0.170 e. The number of aromatic nitrogens is 3. The van der Waals surface area contributed by atoms with Crippen LogP contribution in [0.3, 0.4) is 0 Å². The molecule has 0 radical (unpaired) electrons. The number of hydrogen-bond donors (Lipinski definition) is 2. The first-order chi connectivity index (χ1) is 12.7. The van der Waals surface area contributed by atoms with Gasteiger partial charge in [0.25, 0.3) is 0 Å². The zero-order valence-corrected chi connectivity index (χ0v) is 14.9. The van der Waals surface area contributed by atoms with Crippen LogP contribution in [0.15, 0.2) is 37.1 Å². The maximum absolute atomic E-state index is 9.63. The predicted molar refractivity (Wildman–Crippen MR) is 103 cm³/mol. The third-order valence-electron chi connectivity index (χ3n) is 4.54. The van der Waals surface area contributed by atoms with E-state index in [9.17, 15) is 10.4 Å². The van der Waals surface area contributed by atoms with E-state index < -0.39 is 6.10 Å². The quantitative estimate of drug-likeness (QED) is 0.827. The zero-order valence-electron chi connectivity index (χ0n) is 14.9. The van der Waals surface area contributed by atoms with E-state index in [0.29, 0.717) is 12.1 Å². The molecule has 1 atom stereocenters. The summed E-state index contributed by atoms with van der Waals surface area (Å²) in [6.07, 6.45) is 12.4. The van der Waals surface area contributed by atoms with E-state index in [1.54, 1.807) is 12.2 Å². The number of hydrogen-bond acceptors (Lipinski definition) is 4. The number of unbranched alkanes of at least 4 members (excludes halogenated alkanes) is 1. The number of allylic oxidation sites excluding steroid dienone is 2. The van der Waals surface area contributed by atoms with Gasteiger partial charge in [0.2, 0.25) is 0 Å². The van der Waals surface area contributed by atoms with E-state index in [2.05, 4.69) is 40.8 Å². The van der Waals surface area contributed by atoms with Crippen molar-refractivity contribution in [3.63, 3.8) is 0 Å². The molecule has 2 N–H and O–H groups in total. The number of nitriles is 1. The highest BCUT2D eigenvalue weighted by Gasteiger charge is 2.18. The minimum Gasteiger partial charge on any atom is -0.389 e. The van der Waals surface area contributed by atoms with Gasteiger partial charge < -0.3 is 5.11 Å². The summed E-state index contributed by atoms with van der Waals surface area (Å²) in [4.78, 5) is 4.62. The molecule has 132 valence electrons. The van der Waals surface area contributed by atoms with Crippen molar-refractivity contribution in [3.05, 3.63) is 59.7 Å². The molecule has 2 heterocycles. The average molecular weight is 346 g/mol. The SMILES string of the molecule is C=Cc1[nH]nc(C#N)c1-c1cnc(C2=CCC(O)C=C2)cc1CCCC. The van der Waals surface area contributed by atoms with Gasteiger partial charge in [0, 0.05) is 17.3 Å². The van der Waals surface area contributed by atoms with Crippen molar-refractivity contribution in [1.29, 1.82) is 5.26 Å². The number of pyridine rings is 1. The van der Waals surface area contributed by atoms with Gasteiger partial charge in [-0.3, -0.25) is 10.1 Å². The second-order valence-corrected chi connectivity index (χ2v) is 6.33. The summed E-state index contributed by atoms with van der Waals surface area (Å²) < 4.78 is 0. The second-order valence-electron chi connectivity index (χ2n) is 6.33. The first-order valence-corrected chi connectivity index (χ1v) is 8.84. The molecule has 0 aliphatic heterocycles. The van der Waals surface area contributed by atoms with Gasteiger partial charge in [0.1, 0.15) is 6.07 Å². The van der Waals surface area contributed by atoms with Gasteiger partial charge in [0.15, 0.2) is 5.69 Å². The number of nitrogens with zero attached hydrogens (tertiary/aromatic N) is 3. The number of H-pyrrole nitrogens is 1. The molecule has 0 aromatic carbocycles. The van der Waals surface area contributed by atoms with Crippen LogP contribution in [-0.4, -0.2) is 26.4 Å². The molecule has 0 saturated heterocycles. The maximum atomic E-state index is 9.63. The summed E-state index contributed by atoms with van der Waals surface area (Å²) in [5.41, 5.74) is 5.79. The molecule has 0 saturated carbocycles. The monoisotopic (exact) mass is 346 g/mol. The summed E-state index contributed by atoms with van der Waals surface area (Å²) >= 11 is 0. The minimum atomic E-state index is -0.420. The summed E-state index contributed by atoms with van der Waals surface area (Å²) in [5, 5.41) is 26.0. The number of aliphatic hydroxyl groups excluding tert-OH is 1. The van der Waals surface area contributed by atoms with E-state index >= 15 is 0 Å². The number of aromatic amines is 1. The van der Waals surface area contributed by atoms with E-state index in [1.807, 2.05) is 18.3 Å². The lowest BCUT2D eigenvalue weighted by Crippen LogP contribution is -2.05. The molecule has 3 rings (SSSR count). The van der Waals surface area contributed by atoms with Gasteiger partial charge in [-0.2, -0.15) is 10.4 Å². The van der Waals surface area contributed by atoms with E-state index in [4.69, 9.17) is 0 Å². The van der Waals surface area contributed by atoms with Gasteiger partial charge in [-0.05, 0) is 42.5 Å². The Morgan fingerprint density at radius 2 is 2.35 bits per heavy atom. The Labute approximate surface area is 153 Å². The van der Waals surface area contributed by atoms with Crippen molar-refractivity contribution in [2.24, 2.45) is 0 Å². The summed E-state index contributed by atoms with van der Waals surface area (Å²) in [6.45, 7) is 5.97. The smallest absolute Gasteiger partial charge is 0.170 e. The molecule has 1 aliphatic carbocycles. The molecule has 2 aromatic rings. The summed E-state index contributed by atoms with van der Waals surface area (Å²) in [5.74, 6) is 0. The fourth-order valence-electron chi connectivity index (χ4n) is 3.11. The third kappa shape index (κ3) is 3.51. The van der Waals surface area contributed by atoms with Crippen LogP contribution in [-0.2, 0) is 6.42 Å². The molecule has 0 fully saturated rings. The lowest BCUT2D eigenvalue weighted by Gasteiger charge is -2.14. The standard InChI is InChI=1S/C21H22N4O/c1-3-5-6-15-11-19(14-7-9-16(26)10-8-14)23-13-17(15)21-18(4-2)24-25-20(21)12-22/h4,7-9,11,13,16,26H,2-3,5-6,10H2,1H3,(H,24,25). The molecule has 5 heteroatoms. The van der Waals surface area contributed by atoms with Crippen LogP contribution < -0.4 is 0 Å². The topological polar surface area (TPSA) is 85.6 Å². The average Bonchev–Trinajstić information content (AvgIpc) is 3.09. The Hall–Kier alpha value is -2.97. The molecule has 1 unspecified atom stereocenters. The Bertz CT molecular complexity index is 915. The minimum absolute atomic E-state index is 0.354. The van der Waals surface area contributed by atoms with Gasteiger partial charge in [-0.25, -0.2) is 0 Å². The van der Waals surface area contributed by atoms with Crippen molar-refractivity contribution in [2.75, 3.05) is 0 Å². The first-order valence-electron chi connectivity index (χ1n) is 8.84. The molecular weight excluding hydrogens is 324 g/mol. The normalized spacial score (nSPS) is 16.2. The summed E-state index contributed by atoms with van der Waals surface area (Å²) in [6, 6.07) is 4.23. The number of aryl methyl sites for hydroxylation is 1. The molecule has 0 spiro atoms. The highest BCUT2D eigenvalue weighted by molar-refractivity contribution is 5.81. The summed E-state index contributed by atoms with van der Waals surface area (Å²) in [7, 11) is 0. The fourth-order valence-corrected chi connectivity index (χ4v) is 3.11. The highest BCUT2D eigenvalue weighted by Crippen LogP contribution is 2.32. The molecule has 5 nitrogen and oxygen atoms in total. The van der Waals surface area contributed by atoms with Gasteiger partial charge >= 0.3 is 0 Å². The largest absolute Gasteiger partial charge is 0.389 e. The lowest BCUT2D eigenvalue weighted by atomic mass is 9.93. The van der Waals surface area contributed by atoms with Gasteiger partial charge in [-0.1, -0.05) is 38.2 Å². The number of rotatable bonds is 6. The van der Waals surface area contributed by atoms with Gasteiger partial charge in [-0.15, -0.1) is 0 Å². The Morgan fingerprint density at radius 3 is 3.00 bits per heavy atom. The van der Waals surface area contributed by atoms with Crippen molar-refractivity contribution in [2.45, 2.75) is 38.7 Å². The molecule has 0 bridgehead atoms. The van der Waals surface area contributed by atoms with E-state index in [-0.39, 0.29) is 0 Å². The van der Waals surface area contributed by atoms with Crippen molar-refractivity contribution >= 4 is 11.6 Å². The van der Waals surface area contributed by atoms with Gasteiger partial charge in [0.05, 0.1) is 17.5 Å². The highest BCUT2D eigenvalue weighted by atomic mass is 16.3. The molecule has 2 aromatic heterocycles. The van der Waals surface area contributed by atoms with Crippen molar-refractivity contribution in [1.82, 2.24) is 15.2 Å². The third-order valence-corrected chi connectivity index (χ3v) is 4.54. The molecule has 0 amide bonds. The molecular formula is C21H22N4O. The Balaban J connectivity index is 2.09. The van der Waals surface area contributed by atoms with Crippen molar-refractivity contribution in [3.8, 4) is 17.2 Å². The first kappa shape index (κ1) is 17.8. The zero-order chi connectivity index (χ0) is 18.5. The Morgan fingerprint density at radius 1 is 1.50 bits per heavy atom. The van der Waals surface area contributed by atoms with Crippen LogP contribution in [0.25, 0.3) is 22.8 Å². The van der Waals surface area contributed by atoms with Crippen LogP contribution >= 0.6 is 0 Å². The van der Waals surface area contributed by atoms with E-state index in [1.165, 1.54) is 0 Å². The Kier molecular flexibility index (Phi) is 5.45. The number of nitrogens with one attached hydrogen (secondary N) is 1. The van der Waals surface area contributed by atoms with E-state index in [0.717, 1.165) is 52.9 Å². The van der Waals surface area contributed by atoms with Crippen LogP contribution in [0, 0.1) is 11.3 Å². The van der Waals surface area contributed by atoms with Crippen molar-refractivity contribution < 1.29 is 5.11 Å². The molecule has 26 heavy (non-hydrogen) atoms. The van der Waals surface area contributed by atoms with Crippen LogP contribution in [0.4, 0.5) is 0 Å². The molecule has 1 aliphatic rings.